The number of unbranched alkanes of at least 4 members (excludes halogenated alkanes) is 19. The number of rotatable bonds is 41. The average molecular weight is 803 g/mol. The predicted octanol–water partition coefficient (Wildman–Crippen LogP) is 12.8. The van der Waals surface area contributed by atoms with E-state index in [1.54, 1.807) is 0 Å². The Morgan fingerprint density at radius 3 is 1.39 bits per heavy atom. The molecule has 0 saturated carbocycles. The molecule has 2 unspecified atom stereocenters. The summed E-state index contributed by atoms with van der Waals surface area (Å²) in [5, 5.41) is 9.63. The molecule has 8 heteroatoms. The van der Waals surface area contributed by atoms with Gasteiger partial charge in [-0.3, -0.25) is 9.59 Å². The smallest absolute Gasteiger partial charge is 0.362 e. The van der Waals surface area contributed by atoms with Gasteiger partial charge in [-0.25, -0.2) is 4.79 Å². The number of quaternary nitrogens is 1. The van der Waals surface area contributed by atoms with Crippen molar-refractivity contribution in [1.29, 1.82) is 0 Å². The fourth-order valence-corrected chi connectivity index (χ4v) is 6.56. The summed E-state index contributed by atoms with van der Waals surface area (Å²) in [6.07, 6.45) is 47.2. The number of esters is 2. The minimum Gasteiger partial charge on any atom is -0.477 e. The second-order valence-electron chi connectivity index (χ2n) is 16.7. The number of ether oxygens (including phenoxy) is 3. The van der Waals surface area contributed by atoms with Gasteiger partial charge in [-0.1, -0.05) is 146 Å². The first-order valence-corrected chi connectivity index (χ1v) is 23.2. The van der Waals surface area contributed by atoms with Crippen LogP contribution in [0.25, 0.3) is 0 Å². The van der Waals surface area contributed by atoms with E-state index in [1.165, 1.54) is 83.5 Å². The molecule has 0 bridgehead atoms. The standard InChI is InChI=1S/C49H87NO7/c1-6-8-10-12-14-16-18-20-22-24-26-28-30-32-34-36-38-40-48(52)57-45(43-55-42-41-46(49(53)54)50(3,4)5)44-56-47(51)39-37-35-33-31-29-27-25-23-21-19-17-15-13-11-9-7-2/h14,16-17,19-20,22-23,25,45-46H,6-13,15,18,21,24,26-44H2,1-5H3/p+1/b16-14-,19-17-,22-20-,25-23-. The number of carbonyl (C=O) groups excluding carboxylic acids is 2. The summed E-state index contributed by atoms with van der Waals surface area (Å²) in [7, 11) is 5.52. The molecule has 0 rings (SSSR count). The van der Waals surface area contributed by atoms with Gasteiger partial charge in [-0.15, -0.1) is 0 Å². The van der Waals surface area contributed by atoms with Crippen LogP contribution in [0.3, 0.4) is 0 Å². The van der Waals surface area contributed by atoms with Crippen molar-refractivity contribution in [3.8, 4) is 0 Å². The molecule has 0 aliphatic carbocycles. The molecule has 0 heterocycles. The van der Waals surface area contributed by atoms with E-state index in [2.05, 4.69) is 62.5 Å². The normalized spacial score (nSPS) is 13.4. The molecule has 0 amide bonds. The number of allylic oxidation sites excluding steroid dienone is 8. The summed E-state index contributed by atoms with van der Waals surface area (Å²) >= 11 is 0. The predicted molar refractivity (Wildman–Crippen MR) is 238 cm³/mol. The summed E-state index contributed by atoms with van der Waals surface area (Å²) in [5.41, 5.74) is 0. The molecule has 330 valence electrons. The van der Waals surface area contributed by atoms with Crippen molar-refractivity contribution < 1.29 is 38.2 Å². The van der Waals surface area contributed by atoms with E-state index in [-0.39, 0.29) is 36.2 Å². The number of nitrogens with zero attached hydrogens (tertiary/aromatic N) is 1. The van der Waals surface area contributed by atoms with Crippen LogP contribution in [0.15, 0.2) is 48.6 Å². The molecule has 0 aromatic heterocycles. The highest BCUT2D eigenvalue weighted by molar-refractivity contribution is 5.72. The highest BCUT2D eigenvalue weighted by Gasteiger charge is 2.31. The molecule has 0 saturated heterocycles. The number of aliphatic carboxylic acids is 1. The summed E-state index contributed by atoms with van der Waals surface area (Å²) in [5.74, 6) is -1.49. The second-order valence-corrected chi connectivity index (χ2v) is 16.7. The molecule has 2 atom stereocenters. The molecule has 1 N–H and O–H groups in total. The third-order valence-electron chi connectivity index (χ3n) is 10.2. The van der Waals surface area contributed by atoms with Crippen LogP contribution in [0, 0.1) is 0 Å². The third kappa shape index (κ3) is 38.6. The van der Waals surface area contributed by atoms with Crippen LogP contribution in [0.4, 0.5) is 0 Å². The maximum atomic E-state index is 12.7. The number of carbonyl (C=O) groups is 3. The Hall–Kier alpha value is -2.71. The minimum absolute atomic E-state index is 0.0528. The van der Waals surface area contributed by atoms with Crippen molar-refractivity contribution in [2.45, 2.75) is 206 Å². The lowest BCUT2D eigenvalue weighted by atomic mass is 10.1. The maximum absolute atomic E-state index is 12.7. The lowest BCUT2D eigenvalue weighted by Crippen LogP contribution is -2.50. The molecule has 0 aliphatic heterocycles. The largest absolute Gasteiger partial charge is 0.477 e. The Kier molecular flexibility index (Phi) is 38.2. The lowest BCUT2D eigenvalue weighted by Gasteiger charge is -2.31. The SMILES string of the molecule is CCCCC/C=C\C/C=C\CCCCCCCCCC(=O)OC(COCCC(C(=O)O)[N+](C)(C)C)COC(=O)CCCCCCC/C=C\C/C=C\CCCCCC. The molecule has 0 aromatic rings. The van der Waals surface area contributed by atoms with E-state index in [1.807, 2.05) is 21.1 Å². The summed E-state index contributed by atoms with van der Waals surface area (Å²) in [4.78, 5) is 37.0. The Morgan fingerprint density at radius 1 is 0.526 bits per heavy atom. The van der Waals surface area contributed by atoms with Crippen LogP contribution in [0.2, 0.25) is 0 Å². The van der Waals surface area contributed by atoms with Gasteiger partial charge in [0.05, 0.1) is 34.4 Å². The van der Waals surface area contributed by atoms with Crippen LogP contribution in [-0.2, 0) is 28.6 Å². The van der Waals surface area contributed by atoms with E-state index >= 15 is 0 Å². The second kappa shape index (κ2) is 40.1. The Balaban J connectivity index is 4.36. The minimum atomic E-state index is -0.879. The van der Waals surface area contributed by atoms with Crippen LogP contribution in [0.5, 0.6) is 0 Å². The summed E-state index contributed by atoms with van der Waals surface area (Å²) < 4.78 is 17.3. The van der Waals surface area contributed by atoms with Crippen molar-refractivity contribution in [3.63, 3.8) is 0 Å². The van der Waals surface area contributed by atoms with Crippen molar-refractivity contribution in [2.24, 2.45) is 0 Å². The zero-order valence-corrected chi connectivity index (χ0v) is 37.5. The first kappa shape index (κ1) is 54.3. The number of carboxylic acid groups (broad SMARTS) is 1. The number of hydrogen-bond acceptors (Lipinski definition) is 6. The van der Waals surface area contributed by atoms with Gasteiger partial charge in [0.2, 0.25) is 0 Å². The monoisotopic (exact) mass is 803 g/mol. The third-order valence-corrected chi connectivity index (χ3v) is 10.2. The van der Waals surface area contributed by atoms with Gasteiger partial charge in [0.25, 0.3) is 0 Å². The van der Waals surface area contributed by atoms with Crippen LogP contribution in [-0.4, -0.2) is 80.6 Å². The summed E-state index contributed by atoms with van der Waals surface area (Å²) in [6.45, 7) is 4.67. The van der Waals surface area contributed by atoms with Gasteiger partial charge in [0.15, 0.2) is 12.1 Å². The molecule has 57 heavy (non-hydrogen) atoms. The maximum Gasteiger partial charge on any atom is 0.362 e. The summed E-state index contributed by atoms with van der Waals surface area (Å²) in [6, 6.07) is -0.619. The zero-order chi connectivity index (χ0) is 42.1. The molecule has 0 fully saturated rings. The van der Waals surface area contributed by atoms with Crippen LogP contribution in [0.1, 0.15) is 194 Å². The highest BCUT2D eigenvalue weighted by atomic mass is 16.6. The van der Waals surface area contributed by atoms with E-state index in [0.29, 0.717) is 19.3 Å². The van der Waals surface area contributed by atoms with Gasteiger partial charge in [0, 0.05) is 19.3 Å². The van der Waals surface area contributed by atoms with Gasteiger partial charge >= 0.3 is 17.9 Å². The van der Waals surface area contributed by atoms with E-state index < -0.39 is 18.1 Å². The number of hydrogen-bond donors (Lipinski definition) is 1. The van der Waals surface area contributed by atoms with Crippen molar-refractivity contribution in [3.05, 3.63) is 48.6 Å². The number of likely N-dealkylation sites (N-methyl/N-ethyl adjacent to an activating group) is 1. The topological polar surface area (TPSA) is 99.1 Å². The van der Waals surface area contributed by atoms with Gasteiger partial charge in [-0.2, -0.15) is 0 Å². The Labute approximate surface area is 350 Å². The molecule has 0 spiro atoms. The number of carboxylic acids is 1. The van der Waals surface area contributed by atoms with Gasteiger partial charge in [0.1, 0.15) is 6.61 Å². The Bertz CT molecular complexity index is 1070. The quantitative estimate of drug-likeness (QED) is 0.0284. The first-order chi connectivity index (χ1) is 27.6. The molecule has 0 radical (unpaired) electrons. The highest BCUT2D eigenvalue weighted by Crippen LogP contribution is 2.14. The van der Waals surface area contributed by atoms with E-state index in [4.69, 9.17) is 14.2 Å². The fourth-order valence-electron chi connectivity index (χ4n) is 6.56. The first-order valence-electron chi connectivity index (χ1n) is 23.2. The van der Waals surface area contributed by atoms with Gasteiger partial charge < -0.3 is 23.8 Å². The van der Waals surface area contributed by atoms with Crippen molar-refractivity contribution in [1.82, 2.24) is 0 Å². The molecular formula is C49H88NO7+. The zero-order valence-electron chi connectivity index (χ0n) is 37.5. The molecular weight excluding hydrogens is 715 g/mol. The molecule has 0 aromatic carbocycles. The van der Waals surface area contributed by atoms with E-state index in [0.717, 1.165) is 77.0 Å². The van der Waals surface area contributed by atoms with Crippen molar-refractivity contribution in [2.75, 3.05) is 41.0 Å². The van der Waals surface area contributed by atoms with Crippen molar-refractivity contribution >= 4 is 17.9 Å². The molecule has 8 nitrogen and oxygen atoms in total. The van der Waals surface area contributed by atoms with Gasteiger partial charge in [-0.05, 0) is 77.0 Å². The van der Waals surface area contributed by atoms with Crippen LogP contribution >= 0.6 is 0 Å². The fraction of sp³-hybridized carbons (Fsp3) is 0.776. The Morgan fingerprint density at radius 2 is 0.930 bits per heavy atom. The van der Waals surface area contributed by atoms with Crippen LogP contribution < -0.4 is 0 Å². The average Bonchev–Trinajstić information content (AvgIpc) is 3.17. The molecule has 0 aliphatic rings. The lowest BCUT2D eigenvalue weighted by molar-refractivity contribution is -0.887. The van der Waals surface area contributed by atoms with E-state index in [9.17, 15) is 19.5 Å².